The number of aromatic nitrogens is 3. The highest BCUT2D eigenvalue weighted by Gasteiger charge is 2.15. The van der Waals surface area contributed by atoms with Crippen LogP contribution in [0.3, 0.4) is 0 Å². The number of nitrogens with zero attached hydrogens (tertiary/aromatic N) is 3. The zero-order valence-corrected chi connectivity index (χ0v) is 10.1. The predicted molar refractivity (Wildman–Crippen MR) is 61.5 cm³/mol. The maximum Gasteiger partial charge on any atom is 0.244 e. The highest BCUT2D eigenvalue weighted by atomic mass is 32.2. The molecule has 0 amide bonds. The van der Waals surface area contributed by atoms with Gasteiger partial charge >= 0.3 is 0 Å². The monoisotopic (exact) mass is 252 g/mol. The largest absolute Gasteiger partial charge is 0.274 e. The molecule has 0 aromatic carbocycles. The van der Waals surface area contributed by atoms with Crippen LogP contribution in [-0.4, -0.2) is 23.2 Å². The third kappa shape index (κ3) is 2.89. The van der Waals surface area contributed by atoms with Gasteiger partial charge in [-0.05, 0) is 12.1 Å². The Kier molecular flexibility index (Phi) is 3.21. The number of hydrogen-bond donors (Lipinski definition) is 1. The Balaban J connectivity index is 2.09. The maximum atomic E-state index is 11.8. The molecule has 17 heavy (non-hydrogen) atoms. The Morgan fingerprint density at radius 3 is 2.82 bits per heavy atom. The molecule has 2 heterocycles. The van der Waals surface area contributed by atoms with Crippen LogP contribution in [0.1, 0.15) is 5.69 Å². The first-order chi connectivity index (χ1) is 8.08. The Hall–Kier alpha value is -1.73. The molecule has 0 atom stereocenters. The van der Waals surface area contributed by atoms with E-state index in [1.165, 1.54) is 17.1 Å². The molecule has 0 bridgehead atoms. The zero-order chi connectivity index (χ0) is 12.3. The van der Waals surface area contributed by atoms with E-state index in [1.54, 1.807) is 31.4 Å². The summed E-state index contributed by atoms with van der Waals surface area (Å²) in [6.45, 7) is 0.165. The van der Waals surface area contributed by atoms with E-state index in [2.05, 4.69) is 14.8 Å². The predicted octanol–water partition coefficient (Wildman–Crippen LogP) is 0.294. The lowest BCUT2D eigenvalue weighted by Gasteiger charge is -2.03. The summed E-state index contributed by atoms with van der Waals surface area (Å²) in [7, 11) is -1.85. The summed E-state index contributed by atoms with van der Waals surface area (Å²) in [5, 5.41) is 3.82. The van der Waals surface area contributed by atoms with E-state index in [9.17, 15) is 8.42 Å². The molecule has 6 nitrogen and oxygen atoms in total. The Labute approximate surface area is 99.4 Å². The second-order valence-corrected chi connectivity index (χ2v) is 5.26. The summed E-state index contributed by atoms with van der Waals surface area (Å²) in [6.07, 6.45) is 4.37. The van der Waals surface area contributed by atoms with Gasteiger partial charge in [-0.3, -0.25) is 9.67 Å². The van der Waals surface area contributed by atoms with Gasteiger partial charge in [0.15, 0.2) is 0 Å². The molecule has 0 unspecified atom stereocenters. The Bertz CT molecular complexity index is 592. The molecule has 0 aliphatic carbocycles. The van der Waals surface area contributed by atoms with Gasteiger partial charge in [0.1, 0.15) is 4.90 Å². The van der Waals surface area contributed by atoms with Crippen LogP contribution >= 0.6 is 0 Å². The number of pyridine rings is 1. The lowest BCUT2D eigenvalue weighted by molar-refractivity contribution is 0.580. The quantitative estimate of drug-likeness (QED) is 0.848. The molecule has 0 saturated carbocycles. The van der Waals surface area contributed by atoms with Crippen molar-refractivity contribution in [2.24, 2.45) is 7.05 Å². The number of nitrogens with one attached hydrogen (secondary N) is 1. The number of sulfonamides is 1. The van der Waals surface area contributed by atoms with Crippen molar-refractivity contribution in [3.05, 3.63) is 42.5 Å². The molecule has 0 spiro atoms. The topological polar surface area (TPSA) is 76.9 Å². The fraction of sp³-hybridized carbons (Fsp3) is 0.200. The molecular weight excluding hydrogens is 240 g/mol. The van der Waals surface area contributed by atoms with Gasteiger partial charge in [-0.2, -0.15) is 5.10 Å². The minimum atomic E-state index is -3.51. The van der Waals surface area contributed by atoms with E-state index in [-0.39, 0.29) is 11.4 Å². The van der Waals surface area contributed by atoms with Crippen LogP contribution in [0.5, 0.6) is 0 Å². The van der Waals surface area contributed by atoms with Crippen molar-refractivity contribution in [2.75, 3.05) is 0 Å². The van der Waals surface area contributed by atoms with Crippen LogP contribution in [0.15, 0.2) is 41.7 Å². The van der Waals surface area contributed by atoms with E-state index < -0.39 is 10.0 Å². The van der Waals surface area contributed by atoms with Gasteiger partial charge in [-0.25, -0.2) is 13.1 Å². The number of rotatable bonds is 4. The first-order valence-electron chi connectivity index (χ1n) is 4.96. The molecule has 2 aromatic rings. The normalized spacial score (nSPS) is 11.6. The molecule has 1 N–H and O–H groups in total. The van der Waals surface area contributed by atoms with Crippen LogP contribution in [0.2, 0.25) is 0 Å². The lowest BCUT2D eigenvalue weighted by atomic mass is 10.4. The number of hydrogen-bond acceptors (Lipinski definition) is 4. The van der Waals surface area contributed by atoms with Crippen LogP contribution in [-0.2, 0) is 23.6 Å². The van der Waals surface area contributed by atoms with Crippen molar-refractivity contribution in [2.45, 2.75) is 11.4 Å². The first kappa shape index (κ1) is 11.7. The molecule has 2 aromatic heterocycles. The van der Waals surface area contributed by atoms with Gasteiger partial charge in [0.25, 0.3) is 0 Å². The van der Waals surface area contributed by atoms with Crippen molar-refractivity contribution in [3.8, 4) is 0 Å². The molecule has 0 radical (unpaired) electrons. The minimum Gasteiger partial charge on any atom is -0.274 e. The molecule has 0 fully saturated rings. The molecule has 0 saturated heterocycles. The Morgan fingerprint density at radius 1 is 1.41 bits per heavy atom. The molecule has 2 rings (SSSR count). The van der Waals surface area contributed by atoms with E-state index in [0.29, 0.717) is 5.69 Å². The van der Waals surface area contributed by atoms with Crippen LogP contribution in [0.25, 0.3) is 0 Å². The van der Waals surface area contributed by atoms with Crippen molar-refractivity contribution in [1.29, 1.82) is 0 Å². The van der Waals surface area contributed by atoms with Crippen LogP contribution < -0.4 is 4.72 Å². The van der Waals surface area contributed by atoms with Gasteiger partial charge in [0, 0.05) is 19.4 Å². The van der Waals surface area contributed by atoms with Gasteiger partial charge in [0.05, 0.1) is 18.4 Å². The standard InChI is InChI=1S/C10H12N4O2S/c1-14-8-10(7-12-14)17(15,16)13-6-9-4-2-3-5-11-9/h2-5,7-8,13H,6H2,1H3. The van der Waals surface area contributed by atoms with E-state index >= 15 is 0 Å². The highest BCUT2D eigenvalue weighted by Crippen LogP contribution is 2.06. The van der Waals surface area contributed by atoms with Crippen molar-refractivity contribution in [1.82, 2.24) is 19.5 Å². The highest BCUT2D eigenvalue weighted by molar-refractivity contribution is 7.89. The summed E-state index contributed by atoms with van der Waals surface area (Å²) >= 11 is 0. The third-order valence-electron chi connectivity index (χ3n) is 2.16. The lowest BCUT2D eigenvalue weighted by Crippen LogP contribution is -2.23. The second kappa shape index (κ2) is 4.64. The van der Waals surface area contributed by atoms with Gasteiger partial charge in [-0.1, -0.05) is 6.07 Å². The maximum absolute atomic E-state index is 11.8. The first-order valence-corrected chi connectivity index (χ1v) is 6.44. The van der Waals surface area contributed by atoms with Gasteiger partial charge < -0.3 is 0 Å². The fourth-order valence-electron chi connectivity index (χ4n) is 1.29. The molecule has 90 valence electrons. The summed E-state index contributed by atoms with van der Waals surface area (Å²) in [5.41, 5.74) is 0.667. The van der Waals surface area contributed by atoms with E-state index in [0.717, 1.165) is 0 Å². The summed E-state index contributed by atoms with van der Waals surface area (Å²) in [6, 6.07) is 5.34. The van der Waals surface area contributed by atoms with Gasteiger partial charge in [-0.15, -0.1) is 0 Å². The molecule has 0 aliphatic rings. The van der Waals surface area contributed by atoms with Crippen LogP contribution in [0, 0.1) is 0 Å². The van der Waals surface area contributed by atoms with Crippen molar-refractivity contribution >= 4 is 10.0 Å². The summed E-state index contributed by atoms with van der Waals surface area (Å²) < 4.78 is 27.6. The van der Waals surface area contributed by atoms with E-state index in [4.69, 9.17) is 0 Å². The zero-order valence-electron chi connectivity index (χ0n) is 9.24. The fourth-order valence-corrected chi connectivity index (χ4v) is 2.27. The molecule has 0 aliphatic heterocycles. The molecule has 7 heteroatoms. The van der Waals surface area contributed by atoms with Gasteiger partial charge in [0.2, 0.25) is 10.0 Å². The van der Waals surface area contributed by atoms with Crippen molar-refractivity contribution < 1.29 is 8.42 Å². The summed E-state index contributed by atoms with van der Waals surface area (Å²) in [4.78, 5) is 4.18. The number of aryl methyl sites for hydroxylation is 1. The third-order valence-corrected chi connectivity index (χ3v) is 3.52. The minimum absolute atomic E-state index is 0.149. The van der Waals surface area contributed by atoms with Crippen LogP contribution in [0.4, 0.5) is 0 Å². The second-order valence-electron chi connectivity index (χ2n) is 3.50. The summed E-state index contributed by atoms with van der Waals surface area (Å²) in [5.74, 6) is 0. The Morgan fingerprint density at radius 2 is 2.24 bits per heavy atom. The average molecular weight is 252 g/mol. The van der Waals surface area contributed by atoms with Crippen molar-refractivity contribution in [3.63, 3.8) is 0 Å². The SMILES string of the molecule is Cn1cc(S(=O)(=O)NCc2ccccn2)cn1. The smallest absolute Gasteiger partial charge is 0.244 e. The van der Waals surface area contributed by atoms with E-state index in [1.807, 2.05) is 0 Å². The average Bonchev–Trinajstić information content (AvgIpc) is 2.76. The molecular formula is C10H12N4O2S.